The van der Waals surface area contributed by atoms with Crippen LogP contribution in [-0.4, -0.2) is 36.0 Å². The number of rotatable bonds is 9. The number of ether oxygens (including phenoxy) is 2. The molecule has 1 aliphatic heterocycles. The molecular formula is C27H22BrF2N3O5. The number of carbonyl (C=O) groups excluding carboxylic acids is 3. The molecule has 196 valence electrons. The van der Waals surface area contributed by atoms with E-state index >= 15 is 0 Å². The van der Waals surface area contributed by atoms with Crippen molar-refractivity contribution in [2.75, 3.05) is 18.5 Å². The first kappa shape index (κ1) is 26.8. The molecule has 38 heavy (non-hydrogen) atoms. The van der Waals surface area contributed by atoms with Gasteiger partial charge in [-0.1, -0.05) is 18.2 Å². The lowest BCUT2D eigenvalue weighted by molar-refractivity contribution is -0.123. The van der Waals surface area contributed by atoms with Crippen molar-refractivity contribution in [3.05, 3.63) is 93.6 Å². The van der Waals surface area contributed by atoms with E-state index < -0.39 is 29.5 Å². The number of anilines is 1. The highest BCUT2D eigenvalue weighted by atomic mass is 79.9. The molecule has 0 aromatic heterocycles. The second kappa shape index (κ2) is 11.9. The van der Waals surface area contributed by atoms with Gasteiger partial charge in [-0.2, -0.15) is 0 Å². The molecule has 0 saturated carbocycles. The summed E-state index contributed by atoms with van der Waals surface area (Å²) in [5.41, 5.74) is 1.13. The van der Waals surface area contributed by atoms with E-state index in [9.17, 15) is 23.2 Å². The summed E-state index contributed by atoms with van der Waals surface area (Å²) in [7, 11) is 0. The highest BCUT2D eigenvalue weighted by Gasteiger charge is 2.34. The number of hydrogen-bond donors (Lipinski definition) is 2. The standard InChI is InChI=1S/C27H22BrF2N3O5/c1-2-37-23-13-16(11-20(28)25(23)38-15-24(34)31-19-9-7-18(29)8-10-19)12-22-26(35)33(27(36)32-22)14-17-5-3-4-6-21(17)30/h3-13H,2,14-15H2,1H3,(H,31,34)(H,32,36)/b22-12+. The average Bonchev–Trinajstić information content (AvgIpc) is 3.13. The van der Waals surface area contributed by atoms with Crippen molar-refractivity contribution in [3.63, 3.8) is 0 Å². The number of carbonyl (C=O) groups is 3. The zero-order valence-corrected chi connectivity index (χ0v) is 21.7. The SMILES string of the molecule is CCOc1cc(/C=C2/NC(=O)N(Cc3ccccc3F)C2=O)cc(Br)c1OCC(=O)Nc1ccc(F)cc1. The highest BCUT2D eigenvalue weighted by molar-refractivity contribution is 9.10. The molecule has 0 spiro atoms. The Morgan fingerprint density at radius 2 is 1.82 bits per heavy atom. The molecule has 0 aliphatic carbocycles. The Morgan fingerprint density at radius 1 is 1.08 bits per heavy atom. The monoisotopic (exact) mass is 585 g/mol. The number of benzene rings is 3. The fourth-order valence-electron chi connectivity index (χ4n) is 3.62. The molecular weight excluding hydrogens is 564 g/mol. The first-order chi connectivity index (χ1) is 18.2. The predicted molar refractivity (Wildman–Crippen MR) is 139 cm³/mol. The van der Waals surface area contributed by atoms with Crippen LogP contribution < -0.4 is 20.1 Å². The van der Waals surface area contributed by atoms with E-state index in [-0.39, 0.29) is 36.8 Å². The Labute approximate surface area is 225 Å². The van der Waals surface area contributed by atoms with Gasteiger partial charge in [-0.15, -0.1) is 0 Å². The maximum Gasteiger partial charge on any atom is 0.329 e. The second-order valence-corrected chi connectivity index (χ2v) is 8.93. The summed E-state index contributed by atoms with van der Waals surface area (Å²) < 4.78 is 38.9. The van der Waals surface area contributed by atoms with Gasteiger partial charge in [0.2, 0.25) is 0 Å². The minimum absolute atomic E-state index is 0.00744. The van der Waals surface area contributed by atoms with E-state index in [1.165, 1.54) is 48.5 Å². The van der Waals surface area contributed by atoms with Crippen LogP contribution in [0.1, 0.15) is 18.1 Å². The van der Waals surface area contributed by atoms with Crippen molar-refractivity contribution < 1.29 is 32.6 Å². The zero-order chi connectivity index (χ0) is 27.2. The van der Waals surface area contributed by atoms with Crippen molar-refractivity contribution in [2.45, 2.75) is 13.5 Å². The van der Waals surface area contributed by atoms with Gasteiger partial charge in [0.05, 0.1) is 17.6 Å². The van der Waals surface area contributed by atoms with Crippen molar-refractivity contribution in [1.29, 1.82) is 0 Å². The number of nitrogens with zero attached hydrogens (tertiary/aromatic N) is 1. The molecule has 11 heteroatoms. The summed E-state index contributed by atoms with van der Waals surface area (Å²) in [5, 5.41) is 5.11. The third kappa shape index (κ3) is 6.35. The van der Waals surface area contributed by atoms with Gasteiger partial charge < -0.3 is 20.1 Å². The molecule has 0 unspecified atom stereocenters. The molecule has 1 aliphatic rings. The predicted octanol–water partition coefficient (Wildman–Crippen LogP) is 5.24. The van der Waals surface area contributed by atoms with Gasteiger partial charge in [0.1, 0.15) is 17.3 Å². The number of halogens is 3. The molecule has 3 aromatic rings. The normalized spacial score (nSPS) is 14.0. The lowest BCUT2D eigenvalue weighted by Crippen LogP contribution is -2.30. The molecule has 1 saturated heterocycles. The van der Waals surface area contributed by atoms with E-state index in [0.717, 1.165) is 4.90 Å². The van der Waals surface area contributed by atoms with Gasteiger partial charge in [-0.05, 0) is 77.0 Å². The fourth-order valence-corrected chi connectivity index (χ4v) is 4.20. The smallest absolute Gasteiger partial charge is 0.329 e. The second-order valence-electron chi connectivity index (χ2n) is 8.08. The summed E-state index contributed by atoms with van der Waals surface area (Å²) in [4.78, 5) is 38.5. The third-order valence-corrected chi connectivity index (χ3v) is 5.96. The number of imide groups is 1. The van der Waals surface area contributed by atoms with Gasteiger partial charge in [0, 0.05) is 11.3 Å². The topological polar surface area (TPSA) is 97.0 Å². The summed E-state index contributed by atoms with van der Waals surface area (Å²) in [5.74, 6) is -1.46. The maximum atomic E-state index is 14.0. The lowest BCUT2D eigenvalue weighted by Gasteiger charge is -2.15. The van der Waals surface area contributed by atoms with Gasteiger partial charge in [0.25, 0.3) is 11.8 Å². The Kier molecular flexibility index (Phi) is 8.37. The average molecular weight is 586 g/mol. The van der Waals surface area contributed by atoms with Crippen molar-refractivity contribution in [3.8, 4) is 11.5 Å². The summed E-state index contributed by atoms with van der Waals surface area (Å²) in [6.07, 6.45) is 1.46. The van der Waals surface area contributed by atoms with E-state index in [2.05, 4.69) is 26.6 Å². The fraction of sp³-hybridized carbons (Fsp3) is 0.148. The lowest BCUT2D eigenvalue weighted by atomic mass is 10.1. The molecule has 4 rings (SSSR count). The zero-order valence-electron chi connectivity index (χ0n) is 20.1. The Hall–Kier alpha value is -4.25. The Morgan fingerprint density at radius 3 is 2.53 bits per heavy atom. The molecule has 1 fully saturated rings. The van der Waals surface area contributed by atoms with Crippen LogP contribution in [0.15, 0.2) is 70.8 Å². The maximum absolute atomic E-state index is 14.0. The third-order valence-electron chi connectivity index (χ3n) is 5.37. The van der Waals surface area contributed by atoms with E-state index in [0.29, 0.717) is 21.5 Å². The number of nitrogens with one attached hydrogen (secondary N) is 2. The number of amides is 4. The van der Waals surface area contributed by atoms with Crippen LogP contribution in [0.3, 0.4) is 0 Å². The van der Waals surface area contributed by atoms with Gasteiger partial charge in [-0.3, -0.25) is 14.5 Å². The van der Waals surface area contributed by atoms with E-state index in [4.69, 9.17) is 9.47 Å². The van der Waals surface area contributed by atoms with Crippen molar-refractivity contribution in [1.82, 2.24) is 10.2 Å². The molecule has 1 heterocycles. The van der Waals surface area contributed by atoms with Crippen LogP contribution in [-0.2, 0) is 16.1 Å². The highest BCUT2D eigenvalue weighted by Crippen LogP contribution is 2.37. The first-order valence-corrected chi connectivity index (χ1v) is 12.3. The Balaban J connectivity index is 1.49. The summed E-state index contributed by atoms with van der Waals surface area (Å²) >= 11 is 3.40. The van der Waals surface area contributed by atoms with Gasteiger partial charge in [-0.25, -0.2) is 13.6 Å². The minimum atomic E-state index is -0.666. The van der Waals surface area contributed by atoms with Crippen molar-refractivity contribution in [2.24, 2.45) is 0 Å². The van der Waals surface area contributed by atoms with Gasteiger partial charge >= 0.3 is 6.03 Å². The molecule has 0 atom stereocenters. The molecule has 4 amide bonds. The number of urea groups is 1. The molecule has 3 aromatic carbocycles. The molecule has 8 nitrogen and oxygen atoms in total. The van der Waals surface area contributed by atoms with Crippen LogP contribution in [0.5, 0.6) is 11.5 Å². The largest absolute Gasteiger partial charge is 0.490 e. The minimum Gasteiger partial charge on any atom is -0.490 e. The van der Waals surface area contributed by atoms with Crippen LogP contribution in [0.4, 0.5) is 19.3 Å². The van der Waals surface area contributed by atoms with Crippen molar-refractivity contribution >= 4 is 45.5 Å². The van der Waals surface area contributed by atoms with E-state index in [1.807, 2.05) is 0 Å². The Bertz CT molecular complexity index is 1410. The van der Waals surface area contributed by atoms with Gasteiger partial charge in [0.15, 0.2) is 18.1 Å². The van der Waals surface area contributed by atoms with Crippen LogP contribution in [0, 0.1) is 11.6 Å². The quantitative estimate of drug-likeness (QED) is 0.264. The molecule has 0 radical (unpaired) electrons. The first-order valence-electron chi connectivity index (χ1n) is 11.5. The molecule has 2 N–H and O–H groups in total. The van der Waals surface area contributed by atoms with Crippen LogP contribution in [0.25, 0.3) is 6.08 Å². The van der Waals surface area contributed by atoms with E-state index in [1.54, 1.807) is 25.1 Å². The van der Waals surface area contributed by atoms with Crippen LogP contribution >= 0.6 is 15.9 Å². The number of hydrogen-bond acceptors (Lipinski definition) is 5. The van der Waals surface area contributed by atoms with Crippen LogP contribution in [0.2, 0.25) is 0 Å². The molecule has 0 bridgehead atoms. The summed E-state index contributed by atoms with van der Waals surface area (Å²) in [6.45, 7) is 1.49. The summed E-state index contributed by atoms with van der Waals surface area (Å²) in [6, 6.07) is 13.8.